The Morgan fingerprint density at radius 2 is 2.19 bits per heavy atom. The van der Waals surface area contributed by atoms with Gasteiger partial charge in [0.05, 0.1) is 13.2 Å². The molecule has 0 bridgehead atoms. The number of hydrogen-bond donors (Lipinski definition) is 2. The third-order valence-corrected chi connectivity index (χ3v) is 4.47. The first-order chi connectivity index (χ1) is 13.2. The van der Waals surface area contributed by atoms with E-state index in [1.807, 2.05) is 31.2 Å². The number of ether oxygens (including phenoxy) is 2. The molecule has 144 valence electrons. The van der Waals surface area contributed by atoms with Crippen LogP contribution in [0.3, 0.4) is 0 Å². The minimum absolute atomic E-state index is 0.107. The zero-order valence-electron chi connectivity index (χ0n) is 15.8. The molecule has 1 unspecified atom stereocenters. The normalized spacial score (nSPS) is 16.1. The van der Waals surface area contributed by atoms with E-state index >= 15 is 0 Å². The SMILES string of the molecule is COc1ccccc1CCNc1nc(C)cc(C(=O)NCC2CCCO2)n1. The summed E-state index contributed by atoms with van der Waals surface area (Å²) in [5.41, 5.74) is 2.21. The van der Waals surface area contributed by atoms with Gasteiger partial charge in [0.15, 0.2) is 0 Å². The predicted molar refractivity (Wildman–Crippen MR) is 103 cm³/mol. The maximum absolute atomic E-state index is 12.4. The fourth-order valence-electron chi connectivity index (χ4n) is 3.08. The molecule has 7 heteroatoms. The molecule has 1 aliphatic heterocycles. The van der Waals surface area contributed by atoms with Crippen molar-refractivity contribution in [3.63, 3.8) is 0 Å². The van der Waals surface area contributed by atoms with Gasteiger partial charge in [-0.3, -0.25) is 4.79 Å². The highest BCUT2D eigenvalue weighted by atomic mass is 16.5. The number of benzene rings is 1. The molecule has 0 radical (unpaired) electrons. The molecule has 1 fully saturated rings. The second kappa shape index (κ2) is 9.32. The van der Waals surface area contributed by atoms with E-state index in [0.717, 1.165) is 42.9 Å². The van der Waals surface area contributed by atoms with Crippen molar-refractivity contribution < 1.29 is 14.3 Å². The smallest absolute Gasteiger partial charge is 0.270 e. The predicted octanol–water partition coefficient (Wildman–Crippen LogP) is 2.36. The molecular weight excluding hydrogens is 344 g/mol. The molecule has 27 heavy (non-hydrogen) atoms. The number of amides is 1. The van der Waals surface area contributed by atoms with E-state index in [4.69, 9.17) is 9.47 Å². The maximum atomic E-state index is 12.4. The summed E-state index contributed by atoms with van der Waals surface area (Å²) < 4.78 is 10.9. The van der Waals surface area contributed by atoms with Crippen LogP contribution in [-0.2, 0) is 11.2 Å². The number of aryl methyl sites for hydroxylation is 1. The first-order valence-electron chi connectivity index (χ1n) is 9.27. The topological polar surface area (TPSA) is 85.4 Å². The van der Waals surface area contributed by atoms with Crippen molar-refractivity contribution in [3.05, 3.63) is 47.3 Å². The van der Waals surface area contributed by atoms with Crippen LogP contribution in [0, 0.1) is 6.92 Å². The quantitative estimate of drug-likeness (QED) is 0.742. The maximum Gasteiger partial charge on any atom is 0.270 e. The molecule has 1 amide bonds. The molecule has 1 atom stereocenters. The molecule has 3 rings (SSSR count). The molecule has 2 aromatic rings. The molecule has 0 saturated carbocycles. The highest BCUT2D eigenvalue weighted by molar-refractivity contribution is 5.92. The zero-order valence-corrected chi connectivity index (χ0v) is 15.8. The second-order valence-electron chi connectivity index (χ2n) is 6.55. The molecule has 7 nitrogen and oxygen atoms in total. The summed E-state index contributed by atoms with van der Waals surface area (Å²) in [7, 11) is 1.66. The summed E-state index contributed by atoms with van der Waals surface area (Å²) in [4.78, 5) is 21.1. The van der Waals surface area contributed by atoms with Gasteiger partial charge in [0, 0.05) is 25.4 Å². The second-order valence-corrected chi connectivity index (χ2v) is 6.55. The van der Waals surface area contributed by atoms with E-state index in [-0.39, 0.29) is 12.0 Å². The number of methoxy groups -OCH3 is 1. The molecule has 1 aliphatic rings. The lowest BCUT2D eigenvalue weighted by Gasteiger charge is -2.12. The Morgan fingerprint density at radius 1 is 1.33 bits per heavy atom. The van der Waals surface area contributed by atoms with Crippen LogP contribution in [0.2, 0.25) is 0 Å². The minimum atomic E-state index is -0.205. The number of nitrogens with zero attached hydrogens (tertiary/aromatic N) is 2. The molecular formula is C20H26N4O3. The van der Waals surface area contributed by atoms with E-state index in [2.05, 4.69) is 20.6 Å². The number of carbonyl (C=O) groups is 1. The average Bonchev–Trinajstić information content (AvgIpc) is 3.19. The Bertz CT molecular complexity index is 776. The number of hydrogen-bond acceptors (Lipinski definition) is 6. The molecule has 2 N–H and O–H groups in total. The Balaban J connectivity index is 1.56. The highest BCUT2D eigenvalue weighted by Crippen LogP contribution is 2.17. The van der Waals surface area contributed by atoms with Crippen molar-refractivity contribution in [2.24, 2.45) is 0 Å². The van der Waals surface area contributed by atoms with Crippen LogP contribution in [0.4, 0.5) is 5.95 Å². The summed E-state index contributed by atoms with van der Waals surface area (Å²) in [6.45, 7) is 3.77. The van der Waals surface area contributed by atoms with E-state index in [0.29, 0.717) is 24.7 Å². The standard InChI is InChI=1S/C20H26N4O3/c1-14-12-17(19(25)22-13-16-7-5-11-27-16)24-20(23-14)21-10-9-15-6-3-4-8-18(15)26-2/h3-4,6,8,12,16H,5,7,9-11,13H2,1-2H3,(H,22,25)(H,21,23,24). The summed E-state index contributed by atoms with van der Waals surface area (Å²) >= 11 is 0. The lowest BCUT2D eigenvalue weighted by molar-refractivity contribution is 0.0853. The number of para-hydroxylation sites is 1. The van der Waals surface area contributed by atoms with Gasteiger partial charge in [-0.2, -0.15) is 0 Å². The van der Waals surface area contributed by atoms with Crippen LogP contribution in [0.25, 0.3) is 0 Å². The number of rotatable bonds is 8. The van der Waals surface area contributed by atoms with E-state index < -0.39 is 0 Å². The fraction of sp³-hybridized carbons (Fsp3) is 0.450. The Morgan fingerprint density at radius 3 is 2.96 bits per heavy atom. The van der Waals surface area contributed by atoms with Crippen molar-refractivity contribution in [3.8, 4) is 5.75 Å². The highest BCUT2D eigenvalue weighted by Gasteiger charge is 2.17. The first-order valence-corrected chi connectivity index (χ1v) is 9.27. The Hall–Kier alpha value is -2.67. The third-order valence-electron chi connectivity index (χ3n) is 4.47. The lowest BCUT2D eigenvalue weighted by atomic mass is 10.1. The minimum Gasteiger partial charge on any atom is -0.496 e. The molecule has 1 saturated heterocycles. The molecule has 0 spiro atoms. The van der Waals surface area contributed by atoms with Crippen LogP contribution >= 0.6 is 0 Å². The van der Waals surface area contributed by atoms with Gasteiger partial charge in [-0.25, -0.2) is 9.97 Å². The third kappa shape index (κ3) is 5.40. The van der Waals surface area contributed by atoms with Gasteiger partial charge < -0.3 is 20.1 Å². The molecule has 1 aromatic carbocycles. The van der Waals surface area contributed by atoms with E-state index in [9.17, 15) is 4.79 Å². The average molecular weight is 370 g/mol. The van der Waals surface area contributed by atoms with Gasteiger partial charge in [0.1, 0.15) is 11.4 Å². The number of carbonyl (C=O) groups excluding carboxylic acids is 1. The van der Waals surface area contributed by atoms with Crippen LogP contribution < -0.4 is 15.4 Å². The summed E-state index contributed by atoms with van der Waals surface area (Å²) in [5.74, 6) is 1.11. The van der Waals surface area contributed by atoms with Crippen LogP contribution in [-0.4, -0.2) is 48.8 Å². The van der Waals surface area contributed by atoms with Gasteiger partial charge in [-0.15, -0.1) is 0 Å². The first kappa shape index (κ1) is 19.1. The van der Waals surface area contributed by atoms with Gasteiger partial charge in [0.2, 0.25) is 5.95 Å². The fourth-order valence-corrected chi connectivity index (χ4v) is 3.08. The largest absolute Gasteiger partial charge is 0.496 e. The van der Waals surface area contributed by atoms with E-state index in [1.165, 1.54) is 0 Å². The molecule has 0 aliphatic carbocycles. The van der Waals surface area contributed by atoms with Crippen LogP contribution in [0.5, 0.6) is 5.75 Å². The van der Waals surface area contributed by atoms with Crippen molar-refractivity contribution in [2.45, 2.75) is 32.3 Å². The number of aromatic nitrogens is 2. The van der Waals surface area contributed by atoms with Gasteiger partial charge >= 0.3 is 0 Å². The van der Waals surface area contributed by atoms with Gasteiger partial charge in [-0.1, -0.05) is 18.2 Å². The number of nitrogens with one attached hydrogen (secondary N) is 2. The Labute approximate surface area is 159 Å². The van der Waals surface area contributed by atoms with Crippen molar-refractivity contribution in [2.75, 3.05) is 32.1 Å². The van der Waals surface area contributed by atoms with Crippen LogP contribution in [0.1, 0.15) is 34.6 Å². The number of anilines is 1. The Kier molecular flexibility index (Phi) is 6.59. The van der Waals surface area contributed by atoms with Crippen LogP contribution in [0.15, 0.2) is 30.3 Å². The lowest BCUT2D eigenvalue weighted by Crippen LogP contribution is -2.32. The molecule has 2 heterocycles. The summed E-state index contributed by atoms with van der Waals surface area (Å²) in [6.07, 6.45) is 2.91. The van der Waals surface area contributed by atoms with Crippen molar-refractivity contribution in [1.82, 2.24) is 15.3 Å². The van der Waals surface area contributed by atoms with Crippen molar-refractivity contribution in [1.29, 1.82) is 0 Å². The van der Waals surface area contributed by atoms with E-state index in [1.54, 1.807) is 13.2 Å². The zero-order chi connectivity index (χ0) is 19.1. The monoisotopic (exact) mass is 370 g/mol. The van der Waals surface area contributed by atoms with Gasteiger partial charge in [-0.05, 0) is 43.9 Å². The van der Waals surface area contributed by atoms with Gasteiger partial charge in [0.25, 0.3) is 5.91 Å². The molecule has 1 aromatic heterocycles. The van der Waals surface area contributed by atoms with Crippen molar-refractivity contribution >= 4 is 11.9 Å². The summed E-state index contributed by atoms with van der Waals surface area (Å²) in [5, 5.41) is 6.09. The summed E-state index contributed by atoms with van der Waals surface area (Å²) in [6, 6.07) is 9.59.